The number of carboxylic acids is 1. The van der Waals surface area contributed by atoms with Crippen LogP contribution in [0.3, 0.4) is 0 Å². The van der Waals surface area contributed by atoms with Crippen molar-refractivity contribution < 1.29 is 24.0 Å². The summed E-state index contributed by atoms with van der Waals surface area (Å²) in [5.41, 5.74) is -0.605. The van der Waals surface area contributed by atoms with Gasteiger partial charge in [-0.15, -0.1) is 0 Å². The van der Waals surface area contributed by atoms with Gasteiger partial charge < -0.3 is 9.84 Å². The molecule has 0 aliphatic carbocycles. The second-order valence-corrected chi connectivity index (χ2v) is 3.80. The fourth-order valence-corrected chi connectivity index (χ4v) is 1.50. The summed E-state index contributed by atoms with van der Waals surface area (Å²) in [7, 11) is 0. The van der Waals surface area contributed by atoms with Crippen molar-refractivity contribution in [3.63, 3.8) is 0 Å². The summed E-state index contributed by atoms with van der Waals surface area (Å²) in [6.07, 6.45) is 0. The van der Waals surface area contributed by atoms with Gasteiger partial charge in [0.25, 0.3) is 5.69 Å². The van der Waals surface area contributed by atoms with E-state index in [1.807, 2.05) is 0 Å². The fourth-order valence-electron chi connectivity index (χ4n) is 1.50. The zero-order valence-corrected chi connectivity index (χ0v) is 9.95. The highest BCUT2D eigenvalue weighted by molar-refractivity contribution is 5.88. The first-order chi connectivity index (χ1) is 9.47. The smallest absolute Gasteiger partial charge is 0.338 e. The third-order valence-corrected chi connectivity index (χ3v) is 2.45. The number of aromatic carboxylic acids is 1. The summed E-state index contributed by atoms with van der Waals surface area (Å²) in [4.78, 5) is 20.7. The molecule has 20 heavy (non-hydrogen) atoms. The third kappa shape index (κ3) is 2.89. The molecule has 0 spiro atoms. The van der Waals surface area contributed by atoms with Crippen LogP contribution in [0.5, 0.6) is 11.5 Å². The zero-order valence-electron chi connectivity index (χ0n) is 9.95. The first-order valence-electron chi connectivity index (χ1n) is 5.42. The molecule has 102 valence electrons. The Kier molecular flexibility index (Phi) is 3.60. The topological polar surface area (TPSA) is 89.7 Å². The summed E-state index contributed by atoms with van der Waals surface area (Å²) in [6.45, 7) is 0. The van der Waals surface area contributed by atoms with E-state index in [2.05, 4.69) is 0 Å². The molecule has 0 unspecified atom stereocenters. The Morgan fingerprint density at radius 1 is 1.15 bits per heavy atom. The molecule has 0 radical (unpaired) electrons. The number of nitro benzene ring substituents is 1. The normalized spacial score (nSPS) is 10.1. The van der Waals surface area contributed by atoms with E-state index in [-0.39, 0.29) is 17.2 Å². The number of carboxylic acid groups (broad SMARTS) is 1. The Labute approximate surface area is 112 Å². The standard InChI is InChI=1S/C13H8FNO5/c14-12-6-5-10(7-11(12)13(16)17)20-9-3-1-8(2-4-9)15(18)19/h1-7H,(H,16,17). The second-order valence-electron chi connectivity index (χ2n) is 3.80. The average molecular weight is 277 g/mol. The average Bonchev–Trinajstić information content (AvgIpc) is 2.41. The molecule has 0 bridgehead atoms. The molecule has 6 nitrogen and oxygen atoms in total. The Morgan fingerprint density at radius 2 is 1.75 bits per heavy atom. The predicted octanol–water partition coefficient (Wildman–Crippen LogP) is 3.22. The Hall–Kier alpha value is -2.96. The third-order valence-electron chi connectivity index (χ3n) is 2.45. The molecule has 1 N–H and O–H groups in total. The van der Waals surface area contributed by atoms with E-state index in [1.165, 1.54) is 30.3 Å². The Morgan fingerprint density at radius 3 is 2.30 bits per heavy atom. The highest BCUT2D eigenvalue weighted by atomic mass is 19.1. The van der Waals surface area contributed by atoms with E-state index in [0.29, 0.717) is 0 Å². The van der Waals surface area contributed by atoms with E-state index >= 15 is 0 Å². The summed E-state index contributed by atoms with van der Waals surface area (Å²) in [6, 6.07) is 8.50. The van der Waals surface area contributed by atoms with Crippen LogP contribution in [0.4, 0.5) is 10.1 Å². The minimum Gasteiger partial charge on any atom is -0.478 e. The number of halogens is 1. The van der Waals surface area contributed by atoms with Crippen LogP contribution in [0.1, 0.15) is 10.4 Å². The van der Waals surface area contributed by atoms with E-state index in [0.717, 1.165) is 12.1 Å². The summed E-state index contributed by atoms with van der Waals surface area (Å²) in [5, 5.41) is 19.3. The Balaban J connectivity index is 2.23. The molecule has 0 aromatic heterocycles. The van der Waals surface area contributed by atoms with Crippen LogP contribution < -0.4 is 4.74 Å². The highest BCUT2D eigenvalue weighted by Gasteiger charge is 2.12. The van der Waals surface area contributed by atoms with Crippen molar-refractivity contribution in [2.45, 2.75) is 0 Å². The van der Waals surface area contributed by atoms with Crippen LogP contribution in [-0.2, 0) is 0 Å². The molecule has 7 heteroatoms. The maximum absolute atomic E-state index is 13.2. The summed E-state index contributed by atoms with van der Waals surface area (Å²) >= 11 is 0. The zero-order chi connectivity index (χ0) is 14.7. The molecule has 0 amide bonds. The lowest BCUT2D eigenvalue weighted by atomic mass is 10.2. The van der Waals surface area contributed by atoms with Crippen LogP contribution in [0.2, 0.25) is 0 Å². The second kappa shape index (κ2) is 5.35. The van der Waals surface area contributed by atoms with E-state index in [9.17, 15) is 19.3 Å². The van der Waals surface area contributed by atoms with Crippen LogP contribution >= 0.6 is 0 Å². The van der Waals surface area contributed by atoms with Crippen molar-refractivity contribution in [1.82, 2.24) is 0 Å². The van der Waals surface area contributed by atoms with Gasteiger partial charge in [-0.25, -0.2) is 9.18 Å². The van der Waals surface area contributed by atoms with Gasteiger partial charge in [0.05, 0.1) is 10.5 Å². The molecular weight excluding hydrogens is 269 g/mol. The molecule has 0 saturated carbocycles. The molecule has 0 saturated heterocycles. The van der Waals surface area contributed by atoms with Crippen LogP contribution in [0, 0.1) is 15.9 Å². The van der Waals surface area contributed by atoms with E-state index in [1.54, 1.807) is 0 Å². The molecule has 2 aromatic carbocycles. The lowest BCUT2D eigenvalue weighted by Gasteiger charge is -2.06. The summed E-state index contributed by atoms with van der Waals surface area (Å²) < 4.78 is 18.5. The van der Waals surface area contributed by atoms with Crippen LogP contribution in [0.25, 0.3) is 0 Å². The maximum Gasteiger partial charge on any atom is 0.338 e. The van der Waals surface area contributed by atoms with Gasteiger partial charge in [0.2, 0.25) is 0 Å². The van der Waals surface area contributed by atoms with Crippen molar-refractivity contribution in [1.29, 1.82) is 0 Å². The molecule has 0 aliphatic heterocycles. The number of hydrogen-bond donors (Lipinski definition) is 1. The van der Waals surface area contributed by atoms with Gasteiger partial charge in [-0.3, -0.25) is 10.1 Å². The number of hydrogen-bond acceptors (Lipinski definition) is 4. The number of ether oxygens (including phenoxy) is 1. The molecule has 0 fully saturated rings. The molecular formula is C13H8FNO5. The van der Waals surface area contributed by atoms with Gasteiger partial charge in [0.15, 0.2) is 0 Å². The van der Waals surface area contributed by atoms with Gasteiger partial charge in [-0.05, 0) is 30.3 Å². The molecule has 2 rings (SSSR count). The summed E-state index contributed by atoms with van der Waals surface area (Å²) in [5.74, 6) is -1.87. The largest absolute Gasteiger partial charge is 0.478 e. The predicted molar refractivity (Wildman–Crippen MR) is 66.5 cm³/mol. The van der Waals surface area contributed by atoms with Gasteiger partial charge in [-0.1, -0.05) is 0 Å². The van der Waals surface area contributed by atoms with E-state index < -0.39 is 22.3 Å². The molecule has 2 aromatic rings. The number of non-ortho nitro benzene ring substituents is 1. The molecule has 0 heterocycles. The van der Waals surface area contributed by atoms with Gasteiger partial charge in [0.1, 0.15) is 17.3 Å². The van der Waals surface area contributed by atoms with Crippen LogP contribution in [0.15, 0.2) is 42.5 Å². The fraction of sp³-hybridized carbons (Fsp3) is 0. The van der Waals surface area contributed by atoms with Crippen molar-refractivity contribution in [2.75, 3.05) is 0 Å². The molecule has 0 aliphatic rings. The first kappa shape index (κ1) is 13.5. The highest BCUT2D eigenvalue weighted by Crippen LogP contribution is 2.25. The number of nitro groups is 1. The van der Waals surface area contributed by atoms with Gasteiger partial charge in [0, 0.05) is 12.1 Å². The van der Waals surface area contributed by atoms with Gasteiger partial charge >= 0.3 is 5.97 Å². The van der Waals surface area contributed by atoms with Crippen molar-refractivity contribution in [3.05, 3.63) is 64.0 Å². The van der Waals surface area contributed by atoms with Crippen molar-refractivity contribution >= 4 is 11.7 Å². The van der Waals surface area contributed by atoms with Crippen LogP contribution in [-0.4, -0.2) is 16.0 Å². The monoisotopic (exact) mass is 277 g/mol. The van der Waals surface area contributed by atoms with Gasteiger partial charge in [-0.2, -0.15) is 0 Å². The lowest BCUT2D eigenvalue weighted by molar-refractivity contribution is -0.384. The quantitative estimate of drug-likeness (QED) is 0.684. The maximum atomic E-state index is 13.2. The molecule has 0 atom stereocenters. The number of rotatable bonds is 4. The van der Waals surface area contributed by atoms with Crippen molar-refractivity contribution in [2.24, 2.45) is 0 Å². The number of nitrogens with zero attached hydrogens (tertiary/aromatic N) is 1. The lowest BCUT2D eigenvalue weighted by Crippen LogP contribution is -2.00. The number of carbonyl (C=O) groups is 1. The first-order valence-corrected chi connectivity index (χ1v) is 5.42. The van der Waals surface area contributed by atoms with Crippen molar-refractivity contribution in [3.8, 4) is 11.5 Å². The number of benzene rings is 2. The SMILES string of the molecule is O=C(O)c1cc(Oc2ccc([N+](=O)[O-])cc2)ccc1F. The minimum absolute atomic E-state index is 0.0947. The minimum atomic E-state index is -1.41. The Bertz CT molecular complexity index is 669. The van der Waals surface area contributed by atoms with E-state index in [4.69, 9.17) is 9.84 Å².